The first-order valence-electron chi connectivity index (χ1n) is 26.5. The van der Waals surface area contributed by atoms with Gasteiger partial charge in [0.05, 0.1) is 61.3 Å². The van der Waals surface area contributed by atoms with E-state index in [1.54, 1.807) is 30.7 Å². The average molecular weight is 1180 g/mol. The predicted octanol–water partition coefficient (Wildman–Crippen LogP) is 7.98. The Kier molecular flexibility index (Phi) is 19.9. The molecule has 24 nitrogen and oxygen atoms in total. The zero-order valence-electron chi connectivity index (χ0n) is 45.7. The highest BCUT2D eigenvalue weighted by Gasteiger charge is 2.31. The first-order valence-corrected chi connectivity index (χ1v) is 29.8. The lowest BCUT2D eigenvalue weighted by Crippen LogP contribution is -2.15. The standard InChI is InChI=1S/C28H34N10O2S2.C26H27N9O3S2/c1-37(2)21-10-8-19(29-15-21)13-23(39)31-27-35-33-25(41-27)17-6-5-7-18(12-17)26-34-36-28(42-26)32-24(40)14-20-9-11-22(16-30-20)38(3)4;1-15-5-6-18(27-12-15)10-21(37)30-25-34-32-23(39-25)16-3-2-4-17(9-16)24-33-35-26(40-24)31-22(38)11-19-7-8-20(13-28-19)29-14-36/h8-11,15-18H,5-7,12-14H2,1-4H3,(H,31,35,39)(H,32,36,40);5-8,12-14,16-17H,2-4,9-11H2,1H3,(H,29,36)(H,30,34,37)(H,31,35,38)/t17-,18-;16-,17-/m00/s1. The summed E-state index contributed by atoms with van der Waals surface area (Å²) in [7, 11) is 7.79. The third kappa shape index (κ3) is 16.7. The second-order valence-electron chi connectivity index (χ2n) is 20.2. The Morgan fingerprint density at radius 1 is 0.463 bits per heavy atom. The van der Waals surface area contributed by atoms with Gasteiger partial charge in [0.1, 0.15) is 20.0 Å². The molecular formula is C54H61N19O5S4. The monoisotopic (exact) mass is 1180 g/mol. The van der Waals surface area contributed by atoms with Gasteiger partial charge in [-0.2, -0.15) is 0 Å². The van der Waals surface area contributed by atoms with Gasteiger partial charge < -0.3 is 36.4 Å². The summed E-state index contributed by atoms with van der Waals surface area (Å²) < 4.78 is 0. The highest BCUT2D eigenvalue weighted by atomic mass is 32.1. The van der Waals surface area contributed by atoms with Crippen LogP contribution in [0.2, 0.25) is 0 Å². The van der Waals surface area contributed by atoms with Crippen LogP contribution < -0.4 is 36.4 Å². The number of nitrogens with zero attached hydrogens (tertiary/aromatic N) is 14. The predicted molar refractivity (Wildman–Crippen MR) is 317 cm³/mol. The van der Waals surface area contributed by atoms with E-state index in [9.17, 15) is 24.0 Å². The van der Waals surface area contributed by atoms with Crippen LogP contribution in [0.5, 0.6) is 0 Å². The lowest BCUT2D eigenvalue weighted by molar-refractivity contribution is -0.116. The number of carbonyl (C=O) groups is 5. The molecule has 8 heterocycles. The highest BCUT2D eigenvalue weighted by molar-refractivity contribution is 7.16. The molecule has 0 unspecified atom stereocenters. The number of amides is 5. The molecule has 28 heteroatoms. The van der Waals surface area contributed by atoms with E-state index in [0.717, 1.165) is 88.3 Å². The van der Waals surface area contributed by atoms with E-state index < -0.39 is 0 Å². The van der Waals surface area contributed by atoms with Crippen LogP contribution in [-0.4, -0.2) is 119 Å². The van der Waals surface area contributed by atoms with Gasteiger partial charge in [-0.15, -0.1) is 40.8 Å². The maximum atomic E-state index is 12.6. The summed E-state index contributed by atoms with van der Waals surface area (Å²) in [6, 6.07) is 14.7. The quantitative estimate of drug-likeness (QED) is 0.0452. The molecule has 8 aromatic rings. The van der Waals surface area contributed by atoms with Crippen molar-refractivity contribution in [2.45, 2.75) is 108 Å². The number of anilines is 7. The molecule has 82 heavy (non-hydrogen) atoms. The zero-order valence-corrected chi connectivity index (χ0v) is 49.0. The van der Waals surface area contributed by atoms with Gasteiger partial charge in [-0.05, 0) is 93.5 Å². The Labute approximate surface area is 488 Å². The molecule has 2 aliphatic carbocycles. The molecule has 0 radical (unpaired) electrons. The minimum Gasteiger partial charge on any atom is -0.376 e. The molecule has 2 saturated carbocycles. The topological polar surface area (TPSA) is 307 Å². The average Bonchev–Trinajstić information content (AvgIpc) is 4.44. The van der Waals surface area contributed by atoms with Crippen LogP contribution in [0.25, 0.3) is 0 Å². The van der Waals surface area contributed by atoms with Crippen molar-refractivity contribution in [1.29, 1.82) is 0 Å². The Morgan fingerprint density at radius 2 is 0.793 bits per heavy atom. The number of rotatable bonds is 20. The van der Waals surface area contributed by atoms with Gasteiger partial charge in [0, 0.05) is 80.8 Å². The molecule has 0 aromatic carbocycles. The lowest BCUT2D eigenvalue weighted by atomic mass is 9.82. The van der Waals surface area contributed by atoms with Crippen molar-refractivity contribution in [3.8, 4) is 0 Å². The highest BCUT2D eigenvalue weighted by Crippen LogP contribution is 2.45. The Morgan fingerprint density at radius 3 is 1.07 bits per heavy atom. The first-order chi connectivity index (χ1) is 39.7. The van der Waals surface area contributed by atoms with Crippen molar-refractivity contribution in [2.24, 2.45) is 0 Å². The van der Waals surface area contributed by atoms with Crippen molar-refractivity contribution < 1.29 is 24.0 Å². The number of nitrogens with one attached hydrogen (secondary N) is 5. The van der Waals surface area contributed by atoms with Crippen LogP contribution >= 0.6 is 45.3 Å². The summed E-state index contributed by atoms with van der Waals surface area (Å²) in [6.45, 7) is 1.95. The number of hydrogen-bond donors (Lipinski definition) is 5. The summed E-state index contributed by atoms with van der Waals surface area (Å²) in [5, 5.41) is 53.7. The van der Waals surface area contributed by atoms with E-state index >= 15 is 0 Å². The van der Waals surface area contributed by atoms with Crippen molar-refractivity contribution in [2.75, 3.05) is 64.6 Å². The molecule has 0 aliphatic heterocycles. The fraction of sp³-hybridized carbons (Fsp3) is 0.389. The van der Waals surface area contributed by atoms with Crippen molar-refractivity contribution in [3.63, 3.8) is 0 Å². The van der Waals surface area contributed by atoms with Gasteiger partial charge in [0.25, 0.3) is 0 Å². The lowest BCUT2D eigenvalue weighted by Gasteiger charge is -2.25. The van der Waals surface area contributed by atoms with Gasteiger partial charge in [0.15, 0.2) is 0 Å². The molecule has 2 fully saturated rings. The smallest absolute Gasteiger partial charge is 0.232 e. The van der Waals surface area contributed by atoms with E-state index in [4.69, 9.17) is 0 Å². The maximum Gasteiger partial charge on any atom is 0.232 e. The second kappa shape index (κ2) is 28.0. The number of carbonyl (C=O) groups excluding carboxylic acids is 5. The summed E-state index contributed by atoms with van der Waals surface area (Å²) in [5.41, 5.74) is 6.23. The van der Waals surface area contributed by atoms with Crippen molar-refractivity contribution in [3.05, 3.63) is 122 Å². The molecule has 0 spiro atoms. The SMILES string of the molecule is CN(C)c1ccc(CC(=O)Nc2nnc([C@H]3CCC[C@H](c4nnc(NC(=O)Cc5ccc(N(C)C)cn5)s4)C3)s2)nc1.Cc1ccc(CC(=O)Nc2nnc([C@H]3CCC[C@H](c4nnc(NC(=O)Cc5ccc(NC=O)cn5)s4)C3)s2)nc1. The maximum absolute atomic E-state index is 12.6. The van der Waals surface area contributed by atoms with Crippen LogP contribution in [0.1, 0.15) is 123 Å². The van der Waals surface area contributed by atoms with Crippen LogP contribution in [0.15, 0.2) is 73.3 Å². The molecule has 426 valence electrons. The van der Waals surface area contributed by atoms with Crippen molar-refractivity contribution in [1.82, 2.24) is 60.7 Å². The molecule has 0 bridgehead atoms. The van der Waals surface area contributed by atoms with Crippen LogP contribution in [0, 0.1) is 6.92 Å². The second-order valence-corrected chi connectivity index (χ2v) is 24.3. The Balaban J connectivity index is 0.000000198. The number of pyridine rings is 4. The minimum atomic E-state index is -0.241. The zero-order chi connectivity index (χ0) is 57.5. The largest absolute Gasteiger partial charge is 0.376 e. The Bertz CT molecular complexity index is 3310. The fourth-order valence-electron chi connectivity index (χ4n) is 9.25. The molecular weight excluding hydrogens is 1120 g/mol. The van der Waals surface area contributed by atoms with E-state index in [-0.39, 0.29) is 73.0 Å². The van der Waals surface area contributed by atoms with E-state index in [2.05, 4.69) is 87.3 Å². The van der Waals surface area contributed by atoms with Gasteiger partial charge in [-0.1, -0.05) is 64.3 Å². The van der Waals surface area contributed by atoms with E-state index in [1.165, 1.54) is 51.5 Å². The third-order valence-electron chi connectivity index (χ3n) is 13.5. The van der Waals surface area contributed by atoms with Crippen LogP contribution in [0.4, 0.5) is 37.6 Å². The molecule has 5 amide bonds. The summed E-state index contributed by atoms with van der Waals surface area (Å²) in [4.78, 5) is 81.7. The van der Waals surface area contributed by atoms with Crippen LogP contribution in [-0.2, 0) is 49.7 Å². The van der Waals surface area contributed by atoms with Gasteiger partial charge >= 0.3 is 0 Å². The molecule has 10 rings (SSSR count). The number of hydrogen-bond acceptors (Lipinski definition) is 23. The van der Waals surface area contributed by atoms with Gasteiger partial charge in [0.2, 0.25) is 50.6 Å². The minimum absolute atomic E-state index is 0.0826. The number of aromatic nitrogens is 12. The molecule has 2 aliphatic rings. The van der Waals surface area contributed by atoms with Gasteiger partial charge in [-0.25, -0.2) is 0 Å². The number of aryl methyl sites for hydroxylation is 1. The molecule has 8 aromatic heterocycles. The van der Waals surface area contributed by atoms with E-state index in [0.29, 0.717) is 55.4 Å². The Hall–Kier alpha value is -8.21. The summed E-state index contributed by atoms with van der Waals surface area (Å²) in [6.07, 6.45) is 15.7. The summed E-state index contributed by atoms with van der Waals surface area (Å²) in [5.74, 6) is 0.112. The third-order valence-corrected chi connectivity index (χ3v) is 17.5. The first kappa shape index (κ1) is 58.4. The van der Waals surface area contributed by atoms with Gasteiger partial charge in [-0.3, -0.25) is 43.9 Å². The molecule has 0 saturated heterocycles. The fourth-order valence-corrected chi connectivity index (χ4v) is 12.9. The van der Waals surface area contributed by atoms with Crippen molar-refractivity contribution >= 4 is 113 Å². The summed E-state index contributed by atoms with van der Waals surface area (Å²) >= 11 is 5.62. The molecule has 5 N–H and O–H groups in total. The van der Waals surface area contributed by atoms with E-state index in [1.807, 2.05) is 81.3 Å². The normalized spacial score (nSPS) is 16.6. The van der Waals surface area contributed by atoms with Crippen LogP contribution in [0.3, 0.4) is 0 Å². The molecule has 4 atom stereocenters.